The number of amides is 2. The van der Waals surface area contributed by atoms with Gasteiger partial charge < -0.3 is 15.0 Å². The van der Waals surface area contributed by atoms with Gasteiger partial charge in [0.2, 0.25) is 5.91 Å². The van der Waals surface area contributed by atoms with Gasteiger partial charge in [-0.25, -0.2) is 4.98 Å². The van der Waals surface area contributed by atoms with E-state index < -0.39 is 0 Å². The van der Waals surface area contributed by atoms with Gasteiger partial charge >= 0.3 is 0 Å². The number of ether oxygens (including phenoxy) is 1. The van der Waals surface area contributed by atoms with Crippen LogP contribution in [0.4, 0.5) is 0 Å². The summed E-state index contributed by atoms with van der Waals surface area (Å²) in [5.41, 5.74) is 0.803. The Morgan fingerprint density at radius 1 is 1.26 bits per heavy atom. The van der Waals surface area contributed by atoms with Crippen molar-refractivity contribution in [3.05, 3.63) is 15.6 Å². The monoisotopic (exact) mass is 340 g/mol. The third-order valence-electron chi connectivity index (χ3n) is 3.75. The quantitative estimate of drug-likeness (QED) is 0.753. The molecule has 1 saturated heterocycles. The summed E-state index contributed by atoms with van der Waals surface area (Å²) in [5.74, 6) is 0.0491. The minimum absolute atomic E-state index is 0.00393. The summed E-state index contributed by atoms with van der Waals surface area (Å²) in [4.78, 5) is 33.3. The van der Waals surface area contributed by atoms with Crippen molar-refractivity contribution in [3.8, 4) is 0 Å². The maximum atomic E-state index is 12.5. The summed E-state index contributed by atoms with van der Waals surface area (Å²) >= 11 is 1.45. The zero-order valence-electron chi connectivity index (χ0n) is 13.9. The van der Waals surface area contributed by atoms with Gasteiger partial charge in [0, 0.05) is 39.8 Å². The molecular formula is C15H24N4O3S. The van der Waals surface area contributed by atoms with Crippen LogP contribution in [0.3, 0.4) is 0 Å². The summed E-state index contributed by atoms with van der Waals surface area (Å²) in [6, 6.07) is 0. The number of carbonyl (C=O) groups is 2. The summed E-state index contributed by atoms with van der Waals surface area (Å²) in [6.45, 7) is 7.89. The van der Waals surface area contributed by atoms with Crippen molar-refractivity contribution in [2.75, 3.05) is 53.0 Å². The van der Waals surface area contributed by atoms with Gasteiger partial charge in [-0.05, 0) is 13.8 Å². The highest BCUT2D eigenvalue weighted by Crippen LogP contribution is 2.20. The Kier molecular flexibility index (Phi) is 6.49. The van der Waals surface area contributed by atoms with Crippen molar-refractivity contribution >= 4 is 23.2 Å². The largest absolute Gasteiger partial charge is 0.383 e. The normalized spacial score (nSPS) is 15.7. The number of piperazine rings is 1. The second-order valence-electron chi connectivity index (χ2n) is 5.56. The molecule has 0 aliphatic carbocycles. The number of hydrogen-bond donors (Lipinski definition) is 1. The lowest BCUT2D eigenvalue weighted by molar-refractivity contribution is -0.122. The van der Waals surface area contributed by atoms with Gasteiger partial charge in [-0.1, -0.05) is 0 Å². The molecule has 1 aromatic rings. The van der Waals surface area contributed by atoms with Crippen molar-refractivity contribution < 1.29 is 14.3 Å². The maximum Gasteiger partial charge on any atom is 0.265 e. The Hall–Kier alpha value is -1.51. The van der Waals surface area contributed by atoms with E-state index in [-0.39, 0.29) is 11.8 Å². The molecule has 8 heteroatoms. The predicted molar refractivity (Wildman–Crippen MR) is 88.8 cm³/mol. The Bertz CT molecular complexity index is 553. The molecule has 1 aliphatic rings. The number of nitrogens with one attached hydrogen (secondary N) is 1. The molecule has 2 rings (SSSR count). The molecule has 1 aliphatic heterocycles. The molecule has 7 nitrogen and oxygen atoms in total. The Labute approximate surface area is 140 Å². The molecule has 1 N–H and O–H groups in total. The van der Waals surface area contributed by atoms with Crippen LogP contribution in [-0.2, 0) is 9.53 Å². The van der Waals surface area contributed by atoms with E-state index in [1.54, 1.807) is 7.11 Å². The van der Waals surface area contributed by atoms with Crippen LogP contribution in [0.2, 0.25) is 0 Å². The predicted octanol–water partition coefficient (Wildman–Crippen LogP) is 0.280. The third-order valence-corrected chi connectivity index (χ3v) is 4.81. The van der Waals surface area contributed by atoms with Crippen LogP contribution < -0.4 is 5.32 Å². The van der Waals surface area contributed by atoms with Gasteiger partial charge in [0.15, 0.2) is 0 Å². The molecule has 2 heterocycles. The minimum atomic E-state index is -0.00393. The van der Waals surface area contributed by atoms with Gasteiger partial charge in [0.25, 0.3) is 5.91 Å². The zero-order valence-corrected chi connectivity index (χ0v) is 14.7. The van der Waals surface area contributed by atoms with E-state index >= 15 is 0 Å². The zero-order chi connectivity index (χ0) is 16.8. The Morgan fingerprint density at radius 3 is 2.52 bits per heavy atom. The topological polar surface area (TPSA) is 74.8 Å². The van der Waals surface area contributed by atoms with Crippen molar-refractivity contribution in [3.63, 3.8) is 0 Å². The smallest absolute Gasteiger partial charge is 0.265 e. The van der Waals surface area contributed by atoms with Gasteiger partial charge in [0.05, 0.1) is 23.9 Å². The van der Waals surface area contributed by atoms with E-state index in [4.69, 9.17) is 4.74 Å². The second-order valence-corrected chi connectivity index (χ2v) is 6.76. The first-order valence-corrected chi connectivity index (χ1v) is 8.54. The van der Waals surface area contributed by atoms with E-state index in [2.05, 4.69) is 15.2 Å². The van der Waals surface area contributed by atoms with E-state index in [0.717, 1.165) is 15.6 Å². The number of carbonyl (C=O) groups excluding carboxylic acids is 2. The van der Waals surface area contributed by atoms with Crippen LogP contribution in [0.1, 0.15) is 20.4 Å². The van der Waals surface area contributed by atoms with E-state index in [0.29, 0.717) is 45.9 Å². The highest BCUT2D eigenvalue weighted by Gasteiger charge is 2.25. The molecule has 0 saturated carbocycles. The van der Waals surface area contributed by atoms with E-state index in [1.165, 1.54) is 11.3 Å². The van der Waals surface area contributed by atoms with Gasteiger partial charge in [-0.3, -0.25) is 14.5 Å². The van der Waals surface area contributed by atoms with Crippen LogP contribution in [-0.4, -0.2) is 79.6 Å². The van der Waals surface area contributed by atoms with Crippen LogP contribution >= 0.6 is 11.3 Å². The first-order valence-electron chi connectivity index (χ1n) is 7.72. The molecule has 0 aromatic carbocycles. The minimum Gasteiger partial charge on any atom is -0.383 e. The van der Waals surface area contributed by atoms with Gasteiger partial charge in [-0.2, -0.15) is 0 Å². The lowest BCUT2D eigenvalue weighted by atomic mass is 10.2. The lowest BCUT2D eigenvalue weighted by Gasteiger charge is -2.34. The first kappa shape index (κ1) is 17.8. The van der Waals surface area contributed by atoms with Crippen LogP contribution in [0.5, 0.6) is 0 Å². The SMILES string of the molecule is COCCNC(=O)CN1CCN(C(=O)c2sc(C)nc2C)CC1. The van der Waals surface area contributed by atoms with Crippen molar-refractivity contribution in [2.45, 2.75) is 13.8 Å². The van der Waals surface area contributed by atoms with E-state index in [9.17, 15) is 9.59 Å². The molecule has 23 heavy (non-hydrogen) atoms. The molecule has 128 valence electrons. The number of thiazole rings is 1. The number of nitrogens with zero attached hydrogens (tertiary/aromatic N) is 3. The van der Waals surface area contributed by atoms with Crippen LogP contribution in [0, 0.1) is 13.8 Å². The highest BCUT2D eigenvalue weighted by atomic mass is 32.1. The summed E-state index contributed by atoms with van der Waals surface area (Å²) < 4.78 is 4.90. The Morgan fingerprint density at radius 2 is 1.96 bits per heavy atom. The number of hydrogen-bond acceptors (Lipinski definition) is 6. The Balaban J connectivity index is 1.78. The highest BCUT2D eigenvalue weighted by molar-refractivity contribution is 7.13. The van der Waals surface area contributed by atoms with Crippen molar-refractivity contribution in [2.24, 2.45) is 0 Å². The molecule has 2 amide bonds. The third kappa shape index (κ3) is 4.98. The van der Waals surface area contributed by atoms with Gasteiger partial charge in [-0.15, -0.1) is 11.3 Å². The molecule has 0 spiro atoms. The summed E-state index contributed by atoms with van der Waals surface area (Å²) in [6.07, 6.45) is 0. The number of methoxy groups -OCH3 is 1. The molecule has 0 atom stereocenters. The van der Waals surface area contributed by atoms with Crippen LogP contribution in [0.15, 0.2) is 0 Å². The van der Waals surface area contributed by atoms with Crippen molar-refractivity contribution in [1.29, 1.82) is 0 Å². The summed E-state index contributed by atoms with van der Waals surface area (Å²) in [7, 11) is 1.61. The van der Waals surface area contributed by atoms with Crippen LogP contribution in [0.25, 0.3) is 0 Å². The average molecular weight is 340 g/mol. The number of rotatable bonds is 6. The molecule has 1 aromatic heterocycles. The fourth-order valence-corrected chi connectivity index (χ4v) is 3.42. The lowest BCUT2D eigenvalue weighted by Crippen LogP contribution is -2.51. The number of aryl methyl sites for hydroxylation is 2. The molecule has 1 fully saturated rings. The maximum absolute atomic E-state index is 12.5. The van der Waals surface area contributed by atoms with E-state index in [1.807, 2.05) is 18.7 Å². The van der Waals surface area contributed by atoms with Crippen molar-refractivity contribution in [1.82, 2.24) is 20.1 Å². The average Bonchev–Trinajstić information content (AvgIpc) is 2.86. The fourth-order valence-electron chi connectivity index (χ4n) is 2.53. The summed E-state index contributed by atoms with van der Waals surface area (Å²) in [5, 5.41) is 3.72. The first-order chi connectivity index (χ1) is 11.0. The standard InChI is InChI=1S/C15H24N4O3S/c1-11-14(23-12(2)17-11)15(21)19-7-5-18(6-8-19)10-13(20)16-4-9-22-3/h4-10H2,1-3H3,(H,16,20). The fraction of sp³-hybridized carbons (Fsp3) is 0.667. The van der Waals surface area contributed by atoms with Gasteiger partial charge in [0.1, 0.15) is 4.88 Å². The molecule has 0 unspecified atom stereocenters. The molecule has 0 radical (unpaired) electrons. The number of aromatic nitrogens is 1. The second kappa shape index (κ2) is 8.37. The molecular weight excluding hydrogens is 316 g/mol. The molecule has 0 bridgehead atoms.